The number of rotatable bonds is 6. The van der Waals surface area contributed by atoms with Crippen LogP contribution in [0.3, 0.4) is 0 Å². The first-order valence-corrected chi connectivity index (χ1v) is 7.28. The second-order valence-corrected chi connectivity index (χ2v) is 5.45. The van der Waals surface area contributed by atoms with Crippen molar-refractivity contribution < 1.29 is 0 Å². The minimum atomic E-state index is 0.306. The van der Waals surface area contributed by atoms with Crippen molar-refractivity contribution in [1.29, 1.82) is 0 Å². The Bertz CT molecular complexity index is 236. The SMILES string of the molecule is CCN(C)CCN=C1NC(CC)(CC)CS1. The van der Waals surface area contributed by atoms with E-state index in [2.05, 4.69) is 43.0 Å². The van der Waals surface area contributed by atoms with E-state index in [9.17, 15) is 0 Å². The Labute approximate surface area is 104 Å². The van der Waals surface area contributed by atoms with Gasteiger partial charge in [-0.2, -0.15) is 0 Å². The molecule has 0 aromatic rings. The van der Waals surface area contributed by atoms with E-state index in [0.717, 1.165) is 24.8 Å². The Balaban J connectivity index is 2.37. The maximum Gasteiger partial charge on any atom is 0.157 e. The molecule has 4 heteroatoms. The molecule has 1 rings (SSSR count). The topological polar surface area (TPSA) is 27.6 Å². The molecule has 1 N–H and O–H groups in total. The number of amidine groups is 1. The lowest BCUT2D eigenvalue weighted by Gasteiger charge is -2.25. The van der Waals surface area contributed by atoms with E-state index in [1.54, 1.807) is 0 Å². The Morgan fingerprint density at radius 3 is 2.56 bits per heavy atom. The van der Waals surface area contributed by atoms with Crippen LogP contribution in [0, 0.1) is 0 Å². The fourth-order valence-corrected chi connectivity index (χ4v) is 3.07. The Morgan fingerprint density at radius 2 is 2.06 bits per heavy atom. The molecule has 0 spiro atoms. The number of thioether (sulfide) groups is 1. The summed E-state index contributed by atoms with van der Waals surface area (Å²) in [5, 5.41) is 4.74. The van der Waals surface area contributed by atoms with Gasteiger partial charge in [-0.15, -0.1) is 0 Å². The van der Waals surface area contributed by atoms with Gasteiger partial charge in [-0.3, -0.25) is 4.99 Å². The molecule has 1 aliphatic heterocycles. The quantitative estimate of drug-likeness (QED) is 0.775. The Morgan fingerprint density at radius 1 is 1.38 bits per heavy atom. The molecule has 1 fully saturated rings. The Hall–Kier alpha value is -0.220. The monoisotopic (exact) mass is 243 g/mol. The molecule has 0 aliphatic carbocycles. The van der Waals surface area contributed by atoms with Crippen LogP contribution in [0.25, 0.3) is 0 Å². The minimum Gasteiger partial charge on any atom is -0.359 e. The summed E-state index contributed by atoms with van der Waals surface area (Å²) in [6.07, 6.45) is 2.37. The van der Waals surface area contributed by atoms with Crippen molar-refractivity contribution in [2.24, 2.45) is 4.99 Å². The van der Waals surface area contributed by atoms with Crippen molar-refractivity contribution in [2.45, 2.75) is 39.2 Å². The molecule has 0 bridgehead atoms. The molecule has 1 heterocycles. The van der Waals surface area contributed by atoms with Crippen LogP contribution < -0.4 is 5.32 Å². The van der Waals surface area contributed by atoms with Crippen molar-refractivity contribution in [3.63, 3.8) is 0 Å². The highest BCUT2D eigenvalue weighted by atomic mass is 32.2. The van der Waals surface area contributed by atoms with Crippen molar-refractivity contribution in [1.82, 2.24) is 10.2 Å². The number of aliphatic imine (C=N–C) groups is 1. The third-order valence-electron chi connectivity index (χ3n) is 3.49. The van der Waals surface area contributed by atoms with Crippen molar-refractivity contribution in [3.05, 3.63) is 0 Å². The lowest BCUT2D eigenvalue weighted by Crippen LogP contribution is -2.42. The van der Waals surface area contributed by atoms with E-state index in [4.69, 9.17) is 0 Å². The highest BCUT2D eigenvalue weighted by Gasteiger charge is 2.33. The summed E-state index contributed by atoms with van der Waals surface area (Å²) in [7, 11) is 2.14. The van der Waals surface area contributed by atoms with E-state index in [0.29, 0.717) is 5.54 Å². The number of hydrogen-bond donors (Lipinski definition) is 1. The van der Waals surface area contributed by atoms with Crippen LogP contribution in [0.1, 0.15) is 33.6 Å². The average molecular weight is 243 g/mol. The summed E-state index contributed by atoms with van der Waals surface area (Å²) in [4.78, 5) is 6.92. The molecule has 0 atom stereocenters. The first-order valence-electron chi connectivity index (χ1n) is 6.29. The van der Waals surface area contributed by atoms with Crippen LogP contribution in [0.15, 0.2) is 4.99 Å². The lowest BCUT2D eigenvalue weighted by molar-refractivity contribution is 0.363. The summed E-state index contributed by atoms with van der Waals surface area (Å²) >= 11 is 1.88. The fraction of sp³-hybridized carbons (Fsp3) is 0.917. The van der Waals surface area contributed by atoms with Gasteiger partial charge in [0.2, 0.25) is 0 Å². The van der Waals surface area contributed by atoms with E-state index < -0.39 is 0 Å². The van der Waals surface area contributed by atoms with Crippen LogP contribution >= 0.6 is 11.8 Å². The molecule has 0 unspecified atom stereocenters. The normalized spacial score (nSPS) is 21.7. The summed E-state index contributed by atoms with van der Waals surface area (Å²) in [6, 6.07) is 0. The number of likely N-dealkylation sites (N-methyl/N-ethyl adjacent to an activating group) is 1. The predicted octanol–water partition coefficient (Wildman–Crippen LogP) is 2.19. The van der Waals surface area contributed by atoms with Gasteiger partial charge in [-0.25, -0.2) is 0 Å². The molecule has 16 heavy (non-hydrogen) atoms. The number of nitrogens with one attached hydrogen (secondary N) is 1. The molecule has 0 saturated carbocycles. The van der Waals surface area contributed by atoms with E-state index >= 15 is 0 Å². The van der Waals surface area contributed by atoms with Gasteiger partial charge >= 0.3 is 0 Å². The molecule has 3 nitrogen and oxygen atoms in total. The largest absolute Gasteiger partial charge is 0.359 e. The lowest BCUT2D eigenvalue weighted by atomic mass is 9.96. The second kappa shape index (κ2) is 6.50. The van der Waals surface area contributed by atoms with Gasteiger partial charge < -0.3 is 10.2 Å². The third kappa shape index (κ3) is 3.67. The molecule has 0 radical (unpaired) electrons. The van der Waals surface area contributed by atoms with Crippen molar-refractivity contribution >= 4 is 16.9 Å². The van der Waals surface area contributed by atoms with Gasteiger partial charge in [0.05, 0.1) is 6.54 Å². The van der Waals surface area contributed by atoms with Crippen LogP contribution in [0.5, 0.6) is 0 Å². The van der Waals surface area contributed by atoms with Crippen molar-refractivity contribution in [3.8, 4) is 0 Å². The standard InChI is InChI=1S/C12H25N3S/c1-5-12(6-2)10-16-11(14-12)13-8-9-15(4)7-3/h5-10H2,1-4H3,(H,13,14). The third-order valence-corrected chi connectivity index (χ3v) is 4.69. The molecular formula is C12H25N3S. The molecule has 94 valence electrons. The molecule has 1 aliphatic rings. The van der Waals surface area contributed by atoms with E-state index in [1.807, 2.05) is 11.8 Å². The first-order chi connectivity index (χ1) is 7.65. The van der Waals surface area contributed by atoms with E-state index in [-0.39, 0.29) is 0 Å². The number of hydrogen-bond acceptors (Lipinski definition) is 3. The van der Waals surface area contributed by atoms with E-state index in [1.165, 1.54) is 18.6 Å². The second-order valence-electron chi connectivity index (χ2n) is 4.48. The van der Waals surface area contributed by atoms with Crippen LogP contribution in [-0.4, -0.2) is 48.0 Å². The van der Waals surface area contributed by atoms with Gasteiger partial charge in [0, 0.05) is 17.8 Å². The van der Waals surface area contributed by atoms with Crippen LogP contribution in [0.4, 0.5) is 0 Å². The average Bonchev–Trinajstić information content (AvgIpc) is 2.73. The smallest absolute Gasteiger partial charge is 0.157 e. The highest BCUT2D eigenvalue weighted by Crippen LogP contribution is 2.28. The molecule has 0 aromatic heterocycles. The molecular weight excluding hydrogens is 218 g/mol. The summed E-state index contributed by atoms with van der Waals surface area (Å²) in [6.45, 7) is 9.74. The zero-order valence-corrected chi connectivity index (χ0v) is 11.9. The maximum atomic E-state index is 4.63. The summed E-state index contributed by atoms with van der Waals surface area (Å²) < 4.78 is 0. The Kier molecular flexibility index (Phi) is 5.62. The zero-order valence-electron chi connectivity index (χ0n) is 11.0. The molecule has 0 aromatic carbocycles. The van der Waals surface area contributed by atoms with Crippen LogP contribution in [-0.2, 0) is 0 Å². The highest BCUT2D eigenvalue weighted by molar-refractivity contribution is 8.14. The predicted molar refractivity (Wildman–Crippen MR) is 74.4 cm³/mol. The zero-order chi connectivity index (χ0) is 12.0. The first kappa shape index (κ1) is 13.8. The number of nitrogens with zero attached hydrogens (tertiary/aromatic N) is 2. The maximum absolute atomic E-state index is 4.63. The molecule has 1 saturated heterocycles. The van der Waals surface area contributed by atoms with Gasteiger partial charge in [-0.05, 0) is 26.4 Å². The minimum absolute atomic E-state index is 0.306. The van der Waals surface area contributed by atoms with Gasteiger partial charge in [0.25, 0.3) is 0 Å². The van der Waals surface area contributed by atoms with Crippen molar-refractivity contribution in [2.75, 3.05) is 32.4 Å². The van der Waals surface area contributed by atoms with Crippen LogP contribution in [0.2, 0.25) is 0 Å². The fourth-order valence-electron chi connectivity index (χ4n) is 1.70. The summed E-state index contributed by atoms with van der Waals surface area (Å²) in [5.74, 6) is 1.17. The van der Waals surface area contributed by atoms with Gasteiger partial charge in [0.1, 0.15) is 0 Å². The van der Waals surface area contributed by atoms with Gasteiger partial charge in [0.15, 0.2) is 5.17 Å². The summed E-state index contributed by atoms with van der Waals surface area (Å²) in [5.41, 5.74) is 0.306. The molecule has 0 amide bonds. The van der Waals surface area contributed by atoms with Gasteiger partial charge in [-0.1, -0.05) is 32.5 Å².